The van der Waals surface area contributed by atoms with Gasteiger partial charge in [-0.05, 0) is 51.0 Å². The standard InChI is InChI=1S/C20H26N2O3S/c1-6-21(18-10-8-7-9-11-18)19(23)14-22(26(5,24)25)20-16(3)12-15(2)13-17(20)4/h7-13H,6,14H2,1-5H3. The molecule has 2 aromatic carbocycles. The normalized spacial score (nSPS) is 11.3. The van der Waals surface area contributed by atoms with Gasteiger partial charge in [0.2, 0.25) is 15.9 Å². The molecule has 0 saturated carbocycles. The van der Waals surface area contributed by atoms with Gasteiger partial charge in [-0.3, -0.25) is 9.10 Å². The van der Waals surface area contributed by atoms with Gasteiger partial charge in [0, 0.05) is 12.2 Å². The largest absolute Gasteiger partial charge is 0.311 e. The fraction of sp³-hybridized carbons (Fsp3) is 0.350. The van der Waals surface area contributed by atoms with E-state index >= 15 is 0 Å². The van der Waals surface area contributed by atoms with E-state index in [2.05, 4.69) is 0 Å². The van der Waals surface area contributed by atoms with Gasteiger partial charge in [0.25, 0.3) is 0 Å². The Kier molecular flexibility index (Phi) is 6.08. The first-order valence-electron chi connectivity index (χ1n) is 8.56. The van der Waals surface area contributed by atoms with Gasteiger partial charge in [-0.1, -0.05) is 35.9 Å². The predicted octanol–water partition coefficient (Wildman–Crippen LogP) is 3.43. The highest BCUT2D eigenvalue weighted by atomic mass is 32.2. The Bertz CT molecular complexity index is 870. The van der Waals surface area contributed by atoms with Gasteiger partial charge in [-0.25, -0.2) is 8.42 Å². The van der Waals surface area contributed by atoms with Crippen molar-refractivity contribution in [1.82, 2.24) is 0 Å². The number of amides is 1. The number of anilines is 2. The third-order valence-corrected chi connectivity index (χ3v) is 5.36. The third-order valence-electron chi connectivity index (χ3n) is 4.25. The zero-order valence-electron chi connectivity index (χ0n) is 16.0. The number of rotatable bonds is 6. The van der Waals surface area contributed by atoms with Crippen LogP contribution in [0.3, 0.4) is 0 Å². The second-order valence-corrected chi connectivity index (χ2v) is 8.40. The number of benzene rings is 2. The first-order valence-corrected chi connectivity index (χ1v) is 10.4. The summed E-state index contributed by atoms with van der Waals surface area (Å²) in [4.78, 5) is 14.5. The van der Waals surface area contributed by atoms with Crippen LogP contribution in [0.25, 0.3) is 0 Å². The first kappa shape index (κ1) is 20.0. The van der Waals surface area contributed by atoms with Crippen molar-refractivity contribution in [2.75, 3.05) is 28.6 Å². The van der Waals surface area contributed by atoms with Gasteiger partial charge >= 0.3 is 0 Å². The minimum Gasteiger partial charge on any atom is -0.311 e. The molecule has 0 aliphatic heterocycles. The van der Waals surface area contributed by atoms with Crippen molar-refractivity contribution in [3.8, 4) is 0 Å². The molecule has 2 rings (SSSR count). The van der Waals surface area contributed by atoms with Gasteiger partial charge in [0.1, 0.15) is 6.54 Å². The van der Waals surface area contributed by atoms with E-state index in [0.717, 1.165) is 28.6 Å². The average Bonchev–Trinajstić information content (AvgIpc) is 2.54. The molecule has 0 fully saturated rings. The van der Waals surface area contributed by atoms with E-state index in [9.17, 15) is 13.2 Å². The maximum Gasteiger partial charge on any atom is 0.247 e. The van der Waals surface area contributed by atoms with E-state index < -0.39 is 10.0 Å². The summed E-state index contributed by atoms with van der Waals surface area (Å²) in [5, 5.41) is 0. The summed E-state index contributed by atoms with van der Waals surface area (Å²) in [7, 11) is -3.61. The van der Waals surface area contributed by atoms with E-state index in [0.29, 0.717) is 12.2 Å². The number of nitrogens with zero attached hydrogens (tertiary/aromatic N) is 2. The van der Waals surface area contributed by atoms with Crippen molar-refractivity contribution in [2.45, 2.75) is 27.7 Å². The summed E-state index contributed by atoms with van der Waals surface area (Å²) in [6.45, 7) is 7.81. The summed E-state index contributed by atoms with van der Waals surface area (Å²) in [5.74, 6) is -0.261. The molecule has 0 radical (unpaired) electrons. The van der Waals surface area contributed by atoms with Crippen molar-refractivity contribution in [3.05, 3.63) is 59.2 Å². The summed E-state index contributed by atoms with van der Waals surface area (Å²) >= 11 is 0. The Morgan fingerprint density at radius 3 is 2.00 bits per heavy atom. The molecular formula is C20H26N2O3S. The zero-order chi connectivity index (χ0) is 19.5. The quantitative estimate of drug-likeness (QED) is 0.778. The number of aryl methyl sites for hydroxylation is 3. The molecule has 0 saturated heterocycles. The Balaban J connectivity index is 2.43. The SMILES string of the molecule is CCN(C(=O)CN(c1c(C)cc(C)cc1C)S(C)(=O)=O)c1ccccc1. The van der Waals surface area contributed by atoms with Gasteiger partial charge < -0.3 is 4.90 Å². The fourth-order valence-corrected chi connectivity index (χ4v) is 4.21. The van der Waals surface area contributed by atoms with Crippen LogP contribution in [0.1, 0.15) is 23.6 Å². The number of carbonyl (C=O) groups excluding carboxylic acids is 1. The van der Waals surface area contributed by atoms with Crippen molar-refractivity contribution in [1.29, 1.82) is 0 Å². The Hall–Kier alpha value is -2.34. The number of hydrogen-bond acceptors (Lipinski definition) is 3. The van der Waals surface area contributed by atoms with Gasteiger partial charge in [0.05, 0.1) is 11.9 Å². The Morgan fingerprint density at radius 2 is 1.54 bits per heavy atom. The summed E-state index contributed by atoms with van der Waals surface area (Å²) < 4.78 is 26.1. The lowest BCUT2D eigenvalue weighted by atomic mass is 10.1. The molecule has 0 bridgehead atoms. The molecule has 0 N–H and O–H groups in total. The topological polar surface area (TPSA) is 57.7 Å². The maximum atomic E-state index is 12.9. The van der Waals surface area contributed by atoms with Crippen LogP contribution >= 0.6 is 0 Å². The summed E-state index contributed by atoms with van der Waals surface area (Å²) in [6, 6.07) is 13.1. The van der Waals surface area contributed by atoms with E-state index in [1.807, 2.05) is 70.2 Å². The van der Waals surface area contributed by atoms with Gasteiger partial charge in [-0.15, -0.1) is 0 Å². The molecule has 0 unspecified atom stereocenters. The lowest BCUT2D eigenvalue weighted by Crippen LogP contribution is -2.43. The van der Waals surface area contributed by atoms with Crippen LogP contribution in [-0.2, 0) is 14.8 Å². The molecule has 0 aliphatic carbocycles. The lowest BCUT2D eigenvalue weighted by molar-refractivity contribution is -0.117. The molecule has 0 aromatic heterocycles. The zero-order valence-corrected chi connectivity index (χ0v) is 16.8. The molecule has 0 atom stereocenters. The minimum absolute atomic E-state index is 0.230. The number of para-hydroxylation sites is 1. The van der Waals surface area contributed by atoms with Crippen LogP contribution in [-0.4, -0.2) is 33.7 Å². The number of carbonyl (C=O) groups is 1. The molecule has 2 aromatic rings. The highest BCUT2D eigenvalue weighted by Crippen LogP contribution is 2.28. The fourth-order valence-electron chi connectivity index (χ4n) is 3.25. The molecule has 1 amide bonds. The third kappa shape index (κ3) is 4.43. The van der Waals surface area contributed by atoms with Crippen LogP contribution < -0.4 is 9.21 Å². The van der Waals surface area contributed by atoms with E-state index in [1.165, 1.54) is 4.31 Å². The van der Waals surface area contributed by atoms with Crippen molar-refractivity contribution in [3.63, 3.8) is 0 Å². The molecular weight excluding hydrogens is 348 g/mol. The van der Waals surface area contributed by atoms with Gasteiger partial charge in [-0.2, -0.15) is 0 Å². The number of hydrogen-bond donors (Lipinski definition) is 0. The Morgan fingerprint density at radius 1 is 1.00 bits per heavy atom. The van der Waals surface area contributed by atoms with Crippen LogP contribution in [0, 0.1) is 20.8 Å². The Labute approximate surface area is 156 Å². The average molecular weight is 375 g/mol. The monoisotopic (exact) mass is 374 g/mol. The highest BCUT2D eigenvalue weighted by Gasteiger charge is 2.26. The van der Waals surface area contributed by atoms with Crippen LogP contribution in [0.5, 0.6) is 0 Å². The smallest absolute Gasteiger partial charge is 0.247 e. The van der Waals surface area contributed by atoms with Crippen molar-refractivity contribution in [2.24, 2.45) is 0 Å². The molecule has 5 nitrogen and oxygen atoms in total. The van der Waals surface area contributed by atoms with Crippen molar-refractivity contribution >= 4 is 27.3 Å². The second kappa shape index (κ2) is 7.91. The van der Waals surface area contributed by atoms with Crippen LogP contribution in [0.4, 0.5) is 11.4 Å². The van der Waals surface area contributed by atoms with Gasteiger partial charge in [0.15, 0.2) is 0 Å². The molecule has 0 spiro atoms. The molecule has 0 heterocycles. The van der Waals surface area contributed by atoms with E-state index in [4.69, 9.17) is 0 Å². The van der Waals surface area contributed by atoms with E-state index in [-0.39, 0.29) is 12.5 Å². The molecule has 6 heteroatoms. The first-order chi connectivity index (χ1) is 12.1. The number of sulfonamides is 1. The van der Waals surface area contributed by atoms with Crippen LogP contribution in [0.2, 0.25) is 0 Å². The number of likely N-dealkylation sites (N-methyl/N-ethyl adjacent to an activating group) is 1. The van der Waals surface area contributed by atoms with Crippen molar-refractivity contribution < 1.29 is 13.2 Å². The minimum atomic E-state index is -3.61. The summed E-state index contributed by atoms with van der Waals surface area (Å²) in [5.41, 5.74) is 4.07. The molecule has 26 heavy (non-hydrogen) atoms. The summed E-state index contributed by atoms with van der Waals surface area (Å²) in [6.07, 6.45) is 1.14. The maximum absolute atomic E-state index is 12.9. The second-order valence-electron chi connectivity index (χ2n) is 6.49. The lowest BCUT2D eigenvalue weighted by Gasteiger charge is -2.29. The molecule has 140 valence electrons. The predicted molar refractivity (Wildman–Crippen MR) is 107 cm³/mol. The highest BCUT2D eigenvalue weighted by molar-refractivity contribution is 7.92. The molecule has 0 aliphatic rings. The van der Waals surface area contributed by atoms with E-state index in [1.54, 1.807) is 4.90 Å². The van der Waals surface area contributed by atoms with Crippen LogP contribution in [0.15, 0.2) is 42.5 Å².